The maximum atomic E-state index is 10.4. The van der Waals surface area contributed by atoms with Gasteiger partial charge in [0.15, 0.2) is 23.2 Å². The molecule has 0 saturated carbocycles. The number of aliphatic hydroxyl groups excluding tert-OH is 2. The van der Waals surface area contributed by atoms with Crippen molar-refractivity contribution in [2.45, 2.75) is 47.5 Å². The number of aliphatic hydroxyl groups is 2. The molecule has 2 aromatic heterocycles. The molecule has 2 aliphatic rings. The summed E-state index contributed by atoms with van der Waals surface area (Å²) in [7, 11) is 0. The number of fused-ring (bicyclic) bond motifs is 1. The van der Waals surface area contributed by atoms with Crippen molar-refractivity contribution in [1.82, 2.24) is 24.5 Å². The molecule has 33 heavy (non-hydrogen) atoms. The van der Waals surface area contributed by atoms with E-state index in [-0.39, 0.29) is 11.2 Å². The van der Waals surface area contributed by atoms with Gasteiger partial charge in [-0.05, 0) is 36.6 Å². The molecule has 0 radical (unpaired) electrons. The van der Waals surface area contributed by atoms with Crippen molar-refractivity contribution in [2.75, 3.05) is 24.4 Å². The average Bonchev–Trinajstić information content (AvgIpc) is 3.36. The van der Waals surface area contributed by atoms with E-state index in [1.54, 1.807) is 4.57 Å². The van der Waals surface area contributed by atoms with Gasteiger partial charge in [0.1, 0.15) is 18.3 Å². The lowest BCUT2D eigenvalue weighted by Crippen LogP contribution is -2.39. The molecule has 12 heteroatoms. The standard InChI is InChI=1S/C21H24Cl2N6O3S/c22-10-14-16(30)17(31)20(32-14)29-11-24-15-18(25-21(23)26-19(15)29)27-28-8-6-13(7-9-28)33-12-4-2-1-3-5-12/h1-5,11,13-14,16-17,20,30-31H,6-10H2,(H,25,26,27)/t14-,16?,17?,20-/m1/s1. The molecule has 4 heterocycles. The minimum atomic E-state index is -1.17. The number of thioether (sulfide) groups is 1. The second kappa shape index (κ2) is 9.91. The van der Waals surface area contributed by atoms with Gasteiger partial charge in [-0.1, -0.05) is 18.2 Å². The molecule has 176 valence electrons. The monoisotopic (exact) mass is 510 g/mol. The van der Waals surface area contributed by atoms with Crippen LogP contribution in [0.1, 0.15) is 19.1 Å². The number of nitrogens with one attached hydrogen (secondary N) is 1. The number of rotatable bonds is 6. The summed E-state index contributed by atoms with van der Waals surface area (Å²) in [6.45, 7) is 1.70. The lowest BCUT2D eigenvalue weighted by atomic mass is 10.1. The fourth-order valence-electron chi connectivity index (χ4n) is 4.17. The van der Waals surface area contributed by atoms with Crippen molar-refractivity contribution in [3.05, 3.63) is 41.9 Å². The highest BCUT2D eigenvalue weighted by Crippen LogP contribution is 2.34. The van der Waals surface area contributed by atoms with E-state index in [4.69, 9.17) is 27.9 Å². The van der Waals surface area contributed by atoms with Crippen molar-refractivity contribution < 1.29 is 14.9 Å². The Labute approximate surface area is 205 Å². The van der Waals surface area contributed by atoms with Crippen LogP contribution in [0.5, 0.6) is 0 Å². The van der Waals surface area contributed by atoms with Crippen molar-refractivity contribution in [1.29, 1.82) is 0 Å². The molecule has 9 nitrogen and oxygen atoms in total. The molecule has 5 rings (SSSR count). The molecule has 4 atom stereocenters. The molecule has 1 aromatic carbocycles. The van der Waals surface area contributed by atoms with Crippen LogP contribution in [0.4, 0.5) is 5.82 Å². The summed E-state index contributed by atoms with van der Waals surface area (Å²) in [6, 6.07) is 10.4. The first-order valence-electron chi connectivity index (χ1n) is 10.7. The zero-order chi connectivity index (χ0) is 22.9. The number of hydrogen-bond donors (Lipinski definition) is 3. The first kappa shape index (κ1) is 23.1. The number of anilines is 1. The number of benzene rings is 1. The van der Waals surface area contributed by atoms with Crippen LogP contribution in [0.3, 0.4) is 0 Å². The van der Waals surface area contributed by atoms with Gasteiger partial charge < -0.3 is 20.4 Å². The first-order valence-corrected chi connectivity index (χ1v) is 12.5. The Bertz CT molecular complexity index is 1100. The number of imidazole rings is 1. The van der Waals surface area contributed by atoms with Gasteiger partial charge in [-0.3, -0.25) is 4.57 Å². The van der Waals surface area contributed by atoms with E-state index in [1.807, 2.05) is 17.8 Å². The van der Waals surface area contributed by atoms with Gasteiger partial charge in [-0.25, -0.2) is 9.99 Å². The van der Waals surface area contributed by atoms with Gasteiger partial charge in [-0.2, -0.15) is 9.97 Å². The van der Waals surface area contributed by atoms with Crippen LogP contribution in [0.15, 0.2) is 41.6 Å². The molecular weight excluding hydrogens is 487 g/mol. The highest BCUT2D eigenvalue weighted by atomic mass is 35.5. The van der Waals surface area contributed by atoms with Crippen LogP contribution in [0.2, 0.25) is 5.28 Å². The number of piperidine rings is 1. The van der Waals surface area contributed by atoms with Crippen LogP contribution in [-0.4, -0.2) is 77.3 Å². The summed E-state index contributed by atoms with van der Waals surface area (Å²) in [6.07, 6.45) is -0.272. The average molecular weight is 511 g/mol. The molecule has 2 saturated heterocycles. The first-order chi connectivity index (χ1) is 16.0. The number of ether oxygens (including phenoxy) is 1. The summed E-state index contributed by atoms with van der Waals surface area (Å²) in [4.78, 5) is 14.3. The van der Waals surface area contributed by atoms with Crippen molar-refractivity contribution in [2.24, 2.45) is 0 Å². The minimum absolute atomic E-state index is 0.0446. The second-order valence-electron chi connectivity index (χ2n) is 8.09. The molecule has 0 amide bonds. The van der Waals surface area contributed by atoms with Crippen molar-refractivity contribution in [3.8, 4) is 0 Å². The maximum Gasteiger partial charge on any atom is 0.226 e. The van der Waals surface area contributed by atoms with Gasteiger partial charge in [0.05, 0.1) is 12.2 Å². The molecule has 2 fully saturated rings. The van der Waals surface area contributed by atoms with Gasteiger partial charge in [0.2, 0.25) is 5.28 Å². The topological polar surface area (TPSA) is 109 Å². The number of hydrogen-bond acceptors (Lipinski definition) is 9. The normalized spacial score (nSPS) is 26.8. The molecule has 2 aliphatic heterocycles. The zero-order valence-corrected chi connectivity index (χ0v) is 19.9. The Hall–Kier alpha value is -1.66. The molecule has 0 aliphatic carbocycles. The van der Waals surface area contributed by atoms with Crippen LogP contribution in [0, 0.1) is 0 Å². The maximum absolute atomic E-state index is 10.4. The van der Waals surface area contributed by atoms with E-state index in [1.165, 1.54) is 11.2 Å². The largest absolute Gasteiger partial charge is 0.387 e. The molecule has 0 spiro atoms. The van der Waals surface area contributed by atoms with Crippen molar-refractivity contribution in [3.63, 3.8) is 0 Å². The van der Waals surface area contributed by atoms with E-state index in [9.17, 15) is 10.2 Å². The number of aromatic nitrogens is 4. The minimum Gasteiger partial charge on any atom is -0.387 e. The zero-order valence-electron chi connectivity index (χ0n) is 17.6. The van der Waals surface area contributed by atoms with Crippen LogP contribution < -0.4 is 5.43 Å². The predicted octanol–water partition coefficient (Wildman–Crippen LogP) is 2.92. The van der Waals surface area contributed by atoms with E-state index in [2.05, 4.69) is 49.7 Å². The highest BCUT2D eigenvalue weighted by Gasteiger charge is 2.44. The van der Waals surface area contributed by atoms with Crippen LogP contribution in [-0.2, 0) is 4.74 Å². The number of hydrazine groups is 1. The quantitative estimate of drug-likeness (QED) is 0.340. The summed E-state index contributed by atoms with van der Waals surface area (Å²) in [5, 5.41) is 23.3. The number of nitrogens with zero attached hydrogens (tertiary/aromatic N) is 5. The SMILES string of the molecule is OC1C(O)[C@@H](CCl)O[C@H]1n1cnc2c(NN3CCC(Sc4ccccc4)CC3)nc(Cl)nc21. The van der Waals surface area contributed by atoms with Gasteiger partial charge in [0, 0.05) is 23.2 Å². The fourth-order valence-corrected chi connectivity index (χ4v) is 5.73. The second-order valence-corrected chi connectivity index (χ2v) is 10.1. The highest BCUT2D eigenvalue weighted by molar-refractivity contribution is 8.00. The third-order valence-electron chi connectivity index (χ3n) is 5.91. The van der Waals surface area contributed by atoms with E-state index in [0.717, 1.165) is 25.9 Å². The summed E-state index contributed by atoms with van der Waals surface area (Å²) in [5.41, 5.74) is 4.23. The Morgan fingerprint density at radius 3 is 2.58 bits per heavy atom. The van der Waals surface area contributed by atoms with E-state index in [0.29, 0.717) is 22.2 Å². The van der Waals surface area contributed by atoms with Gasteiger partial charge in [0.25, 0.3) is 0 Å². The van der Waals surface area contributed by atoms with Crippen molar-refractivity contribution >= 4 is 51.9 Å². The molecule has 3 aromatic rings. The Morgan fingerprint density at radius 1 is 1.12 bits per heavy atom. The smallest absolute Gasteiger partial charge is 0.226 e. The third-order valence-corrected chi connectivity index (χ3v) is 7.73. The lowest BCUT2D eigenvalue weighted by Gasteiger charge is -2.32. The summed E-state index contributed by atoms with van der Waals surface area (Å²) in [5.74, 6) is 0.544. The fraction of sp³-hybridized carbons (Fsp3) is 0.476. The lowest BCUT2D eigenvalue weighted by molar-refractivity contribution is -0.0291. The summed E-state index contributed by atoms with van der Waals surface area (Å²) < 4.78 is 7.29. The van der Waals surface area contributed by atoms with E-state index < -0.39 is 24.5 Å². The van der Waals surface area contributed by atoms with Gasteiger partial charge in [-0.15, -0.1) is 23.4 Å². The van der Waals surface area contributed by atoms with Crippen LogP contribution >= 0.6 is 35.0 Å². The summed E-state index contributed by atoms with van der Waals surface area (Å²) >= 11 is 14.0. The number of alkyl halides is 1. The Morgan fingerprint density at radius 2 is 1.88 bits per heavy atom. The number of halogens is 2. The van der Waals surface area contributed by atoms with Crippen LogP contribution in [0.25, 0.3) is 11.2 Å². The molecule has 0 bridgehead atoms. The molecular formula is C21H24Cl2N6O3S. The Balaban J connectivity index is 1.30. The van der Waals surface area contributed by atoms with Gasteiger partial charge >= 0.3 is 0 Å². The molecule has 2 unspecified atom stereocenters. The Kier molecular flexibility index (Phi) is 6.94. The third kappa shape index (κ3) is 4.79. The molecule has 3 N–H and O–H groups in total. The predicted molar refractivity (Wildman–Crippen MR) is 127 cm³/mol. The van der Waals surface area contributed by atoms with E-state index >= 15 is 0 Å².